The van der Waals surface area contributed by atoms with Crippen LogP contribution in [0.1, 0.15) is 17.7 Å². The van der Waals surface area contributed by atoms with Crippen LogP contribution < -0.4 is 20.3 Å². The molecule has 2 heterocycles. The summed E-state index contributed by atoms with van der Waals surface area (Å²) in [5.41, 5.74) is 1.99. The topological polar surface area (TPSA) is 53.6 Å². The Morgan fingerprint density at radius 1 is 1.00 bits per heavy atom. The van der Waals surface area contributed by atoms with E-state index in [9.17, 15) is 4.79 Å². The summed E-state index contributed by atoms with van der Waals surface area (Å²) in [5, 5.41) is 8.74. The normalized spacial score (nSPS) is 14.4. The maximum Gasteiger partial charge on any atom is 0.262 e. The molecule has 0 atom stereocenters. The van der Waals surface area contributed by atoms with Crippen molar-refractivity contribution in [1.29, 1.82) is 0 Å². The molecule has 3 aromatic rings. The summed E-state index contributed by atoms with van der Waals surface area (Å²) < 4.78 is 5.49. The van der Waals surface area contributed by atoms with Gasteiger partial charge in [0.15, 0.2) is 6.61 Å². The van der Waals surface area contributed by atoms with Crippen molar-refractivity contribution in [3.05, 3.63) is 77.0 Å². The molecule has 0 unspecified atom stereocenters. The van der Waals surface area contributed by atoms with Gasteiger partial charge in [-0.1, -0.05) is 24.3 Å². The molecule has 6 heteroatoms. The number of benzene rings is 2. The number of anilines is 2. The summed E-state index contributed by atoms with van der Waals surface area (Å²) in [6.45, 7) is 3.15. The zero-order chi connectivity index (χ0) is 21.3. The first kappa shape index (κ1) is 21.4. The van der Waals surface area contributed by atoms with E-state index in [-0.39, 0.29) is 12.5 Å². The second-order valence-corrected chi connectivity index (χ2v) is 8.77. The average molecular weight is 436 g/mol. The van der Waals surface area contributed by atoms with Crippen LogP contribution >= 0.6 is 11.3 Å². The van der Waals surface area contributed by atoms with Crippen molar-refractivity contribution in [3.63, 3.8) is 0 Å². The quantitative estimate of drug-likeness (QED) is 0.517. The number of hydrogen-bond acceptors (Lipinski definition) is 5. The van der Waals surface area contributed by atoms with Crippen LogP contribution in [0.2, 0.25) is 0 Å². The van der Waals surface area contributed by atoms with Crippen molar-refractivity contribution in [2.75, 3.05) is 36.5 Å². The van der Waals surface area contributed by atoms with Crippen molar-refractivity contribution in [1.82, 2.24) is 5.32 Å². The molecule has 4 rings (SSSR count). The number of amides is 1. The standard InChI is InChI=1S/C25H29N3O2S/c29-25(19-30-23-5-2-1-3-6-23)27-21-8-10-22(11-9-21)28-16-13-20(14-17-28)26-15-12-24-7-4-18-31-24/h1-11,18,20,26H,12-17,19H2,(H,27,29). The first-order valence-corrected chi connectivity index (χ1v) is 11.7. The van der Waals surface area contributed by atoms with E-state index < -0.39 is 0 Å². The Bertz CT molecular complexity index is 921. The van der Waals surface area contributed by atoms with Gasteiger partial charge in [-0.05, 0) is 67.1 Å². The molecule has 0 saturated carbocycles. The predicted octanol–water partition coefficient (Wildman–Crippen LogP) is 4.57. The van der Waals surface area contributed by atoms with Crippen molar-refractivity contribution in [3.8, 4) is 5.75 Å². The summed E-state index contributed by atoms with van der Waals surface area (Å²) in [4.78, 5) is 16.0. The highest BCUT2D eigenvalue weighted by atomic mass is 32.1. The molecule has 1 aliphatic rings. The average Bonchev–Trinajstić information content (AvgIpc) is 3.33. The highest BCUT2D eigenvalue weighted by molar-refractivity contribution is 7.09. The lowest BCUT2D eigenvalue weighted by Gasteiger charge is -2.34. The number of hydrogen-bond donors (Lipinski definition) is 2. The number of rotatable bonds is 9. The number of ether oxygens (including phenoxy) is 1. The van der Waals surface area contributed by atoms with Gasteiger partial charge in [0.1, 0.15) is 5.75 Å². The second-order valence-electron chi connectivity index (χ2n) is 7.74. The predicted molar refractivity (Wildman–Crippen MR) is 128 cm³/mol. The first-order chi connectivity index (χ1) is 15.3. The van der Waals surface area contributed by atoms with Gasteiger partial charge in [0, 0.05) is 41.9 Å². The third-order valence-electron chi connectivity index (χ3n) is 5.51. The van der Waals surface area contributed by atoms with Gasteiger partial charge in [-0.25, -0.2) is 0 Å². The van der Waals surface area contributed by atoms with Gasteiger partial charge in [0.05, 0.1) is 0 Å². The molecule has 5 nitrogen and oxygen atoms in total. The van der Waals surface area contributed by atoms with E-state index in [1.54, 1.807) is 0 Å². The number of para-hydroxylation sites is 1. The number of carbonyl (C=O) groups excluding carboxylic acids is 1. The number of carbonyl (C=O) groups is 1. The Morgan fingerprint density at radius 2 is 1.77 bits per heavy atom. The molecule has 0 radical (unpaired) electrons. The van der Waals surface area contributed by atoms with E-state index in [0.717, 1.165) is 44.6 Å². The van der Waals surface area contributed by atoms with Gasteiger partial charge in [-0.15, -0.1) is 11.3 Å². The second kappa shape index (κ2) is 11.0. The fourth-order valence-corrected chi connectivity index (χ4v) is 4.52. The van der Waals surface area contributed by atoms with E-state index in [4.69, 9.17) is 4.74 Å². The molecule has 162 valence electrons. The fourth-order valence-electron chi connectivity index (χ4n) is 3.81. The Morgan fingerprint density at radius 3 is 2.48 bits per heavy atom. The summed E-state index contributed by atoms with van der Waals surface area (Å²) in [5.74, 6) is 0.531. The van der Waals surface area contributed by atoms with Gasteiger partial charge in [0.2, 0.25) is 0 Å². The molecular formula is C25H29N3O2S. The molecule has 1 fully saturated rings. The number of nitrogens with one attached hydrogen (secondary N) is 2. The smallest absolute Gasteiger partial charge is 0.262 e. The minimum Gasteiger partial charge on any atom is -0.484 e. The third kappa shape index (κ3) is 6.57. The summed E-state index contributed by atoms with van der Waals surface area (Å²) in [7, 11) is 0. The Hall–Kier alpha value is -2.83. The molecule has 1 saturated heterocycles. The summed E-state index contributed by atoms with van der Waals surface area (Å²) in [6.07, 6.45) is 3.42. The highest BCUT2D eigenvalue weighted by Crippen LogP contribution is 2.22. The number of nitrogens with zero attached hydrogens (tertiary/aromatic N) is 1. The van der Waals surface area contributed by atoms with Gasteiger partial charge >= 0.3 is 0 Å². The highest BCUT2D eigenvalue weighted by Gasteiger charge is 2.19. The Labute approximate surface area is 188 Å². The van der Waals surface area contributed by atoms with Crippen LogP contribution in [-0.4, -0.2) is 38.2 Å². The zero-order valence-electron chi connectivity index (χ0n) is 17.6. The van der Waals surface area contributed by atoms with E-state index in [0.29, 0.717) is 11.8 Å². The van der Waals surface area contributed by atoms with Crippen LogP contribution in [0.4, 0.5) is 11.4 Å². The third-order valence-corrected chi connectivity index (χ3v) is 6.44. The first-order valence-electron chi connectivity index (χ1n) is 10.8. The van der Waals surface area contributed by atoms with Gasteiger partial charge in [-0.2, -0.15) is 0 Å². The fraction of sp³-hybridized carbons (Fsp3) is 0.320. The lowest BCUT2D eigenvalue weighted by Crippen LogP contribution is -2.43. The van der Waals surface area contributed by atoms with E-state index in [1.807, 2.05) is 53.8 Å². The SMILES string of the molecule is O=C(COc1ccccc1)Nc1ccc(N2CCC(NCCc3cccs3)CC2)cc1. The monoisotopic (exact) mass is 435 g/mol. The van der Waals surface area contributed by atoms with Gasteiger partial charge < -0.3 is 20.3 Å². The maximum atomic E-state index is 12.1. The number of thiophene rings is 1. The van der Waals surface area contributed by atoms with Gasteiger partial charge in [-0.3, -0.25) is 4.79 Å². The Balaban J connectivity index is 1.17. The van der Waals surface area contributed by atoms with Crippen molar-refractivity contribution >= 4 is 28.6 Å². The molecular weight excluding hydrogens is 406 g/mol. The van der Waals surface area contributed by atoms with Crippen molar-refractivity contribution < 1.29 is 9.53 Å². The molecule has 1 amide bonds. The minimum atomic E-state index is -0.161. The zero-order valence-corrected chi connectivity index (χ0v) is 18.4. The molecule has 1 aliphatic heterocycles. The van der Waals surface area contributed by atoms with Crippen LogP contribution in [-0.2, 0) is 11.2 Å². The van der Waals surface area contributed by atoms with Crippen molar-refractivity contribution in [2.45, 2.75) is 25.3 Å². The van der Waals surface area contributed by atoms with Crippen LogP contribution in [0.5, 0.6) is 5.75 Å². The van der Waals surface area contributed by atoms with Crippen LogP contribution in [0.25, 0.3) is 0 Å². The lowest BCUT2D eigenvalue weighted by molar-refractivity contribution is -0.118. The summed E-state index contributed by atoms with van der Waals surface area (Å²) in [6, 6.07) is 22.4. The van der Waals surface area contributed by atoms with Crippen LogP contribution in [0.15, 0.2) is 72.1 Å². The maximum absolute atomic E-state index is 12.1. The molecule has 0 aliphatic carbocycles. The number of piperidine rings is 1. The molecule has 0 spiro atoms. The molecule has 1 aromatic heterocycles. The Kier molecular flexibility index (Phi) is 7.58. The molecule has 2 N–H and O–H groups in total. The van der Waals surface area contributed by atoms with E-state index in [1.165, 1.54) is 10.6 Å². The van der Waals surface area contributed by atoms with Crippen LogP contribution in [0, 0.1) is 0 Å². The molecule has 2 aromatic carbocycles. The minimum absolute atomic E-state index is 0.00123. The van der Waals surface area contributed by atoms with E-state index in [2.05, 4.69) is 45.2 Å². The van der Waals surface area contributed by atoms with Gasteiger partial charge in [0.25, 0.3) is 5.91 Å². The van der Waals surface area contributed by atoms with E-state index >= 15 is 0 Å². The van der Waals surface area contributed by atoms with Crippen LogP contribution in [0.3, 0.4) is 0 Å². The molecule has 31 heavy (non-hydrogen) atoms. The lowest BCUT2D eigenvalue weighted by atomic mass is 10.0. The molecule has 0 bridgehead atoms. The van der Waals surface area contributed by atoms with Crippen molar-refractivity contribution in [2.24, 2.45) is 0 Å². The summed E-state index contributed by atoms with van der Waals surface area (Å²) >= 11 is 1.83. The largest absolute Gasteiger partial charge is 0.484 e.